The highest BCUT2D eigenvalue weighted by Gasteiger charge is 2.12. The van der Waals surface area contributed by atoms with Gasteiger partial charge in [0.2, 0.25) is 0 Å². The van der Waals surface area contributed by atoms with E-state index in [1.165, 1.54) is 0 Å². The summed E-state index contributed by atoms with van der Waals surface area (Å²) in [6.45, 7) is 0.616. The molecule has 6 nitrogen and oxygen atoms in total. The van der Waals surface area contributed by atoms with Crippen LogP contribution in [0.15, 0.2) is 133 Å². The lowest BCUT2D eigenvalue weighted by Gasteiger charge is -2.10. The normalized spacial score (nSPS) is 10.5. The molecule has 42 heavy (non-hydrogen) atoms. The number of rotatable bonds is 10. The number of amides is 2. The van der Waals surface area contributed by atoms with Crippen LogP contribution in [0.4, 0.5) is 0 Å². The van der Waals surface area contributed by atoms with Crippen molar-refractivity contribution >= 4 is 23.4 Å². The smallest absolute Gasteiger partial charge is 0.251 e. The standard InChI is InChI=1S/C36H28N2O4/c39-33(27-10-3-1-4-11-27)29-14-18-31(19-15-29)35(41)37-23-25-8-7-9-26(22-25)24-38-36(42)32-20-16-30(17-21-32)34(40)28-12-5-2-6-13-28/h1-22H,23-24H2,(H,37,41)(H,38,42). The summed E-state index contributed by atoms with van der Waals surface area (Å²) < 4.78 is 0. The third-order valence-electron chi connectivity index (χ3n) is 6.79. The Kier molecular flexibility index (Phi) is 8.75. The van der Waals surface area contributed by atoms with Gasteiger partial charge in [-0.1, -0.05) is 109 Å². The average molecular weight is 553 g/mol. The lowest BCUT2D eigenvalue weighted by molar-refractivity contribution is 0.0943. The molecule has 0 radical (unpaired) electrons. The van der Waals surface area contributed by atoms with Crippen molar-refractivity contribution in [2.45, 2.75) is 13.1 Å². The van der Waals surface area contributed by atoms with E-state index in [1.54, 1.807) is 72.8 Å². The minimum atomic E-state index is -0.249. The van der Waals surface area contributed by atoms with Crippen molar-refractivity contribution in [1.82, 2.24) is 10.6 Å². The van der Waals surface area contributed by atoms with Gasteiger partial charge in [0, 0.05) is 46.5 Å². The van der Waals surface area contributed by atoms with E-state index in [9.17, 15) is 19.2 Å². The van der Waals surface area contributed by atoms with Gasteiger partial charge in [0.1, 0.15) is 0 Å². The second-order valence-electron chi connectivity index (χ2n) is 9.73. The Bertz CT molecular complexity index is 1590. The first-order chi connectivity index (χ1) is 20.5. The maximum absolute atomic E-state index is 12.7. The summed E-state index contributed by atoms with van der Waals surface area (Å²) in [5.41, 5.74) is 4.91. The van der Waals surface area contributed by atoms with E-state index in [0.29, 0.717) is 46.5 Å². The Morgan fingerprint density at radius 2 is 0.714 bits per heavy atom. The van der Waals surface area contributed by atoms with E-state index in [4.69, 9.17) is 0 Å². The van der Waals surface area contributed by atoms with Crippen molar-refractivity contribution in [2.75, 3.05) is 0 Å². The maximum atomic E-state index is 12.7. The summed E-state index contributed by atoms with van der Waals surface area (Å²) in [7, 11) is 0. The summed E-state index contributed by atoms with van der Waals surface area (Å²) in [5, 5.41) is 5.80. The Labute approximate surface area is 244 Å². The van der Waals surface area contributed by atoms with Crippen molar-refractivity contribution in [2.24, 2.45) is 0 Å². The Morgan fingerprint density at radius 1 is 0.381 bits per heavy atom. The highest BCUT2D eigenvalue weighted by atomic mass is 16.2. The minimum absolute atomic E-state index is 0.0957. The van der Waals surface area contributed by atoms with E-state index in [2.05, 4.69) is 10.6 Å². The number of hydrogen-bond acceptors (Lipinski definition) is 4. The van der Waals surface area contributed by atoms with Gasteiger partial charge in [0.25, 0.3) is 11.8 Å². The van der Waals surface area contributed by atoms with Crippen LogP contribution in [0.25, 0.3) is 0 Å². The van der Waals surface area contributed by atoms with E-state index < -0.39 is 0 Å². The summed E-state index contributed by atoms with van der Waals surface area (Å²) in [5.74, 6) is -0.688. The minimum Gasteiger partial charge on any atom is -0.348 e. The van der Waals surface area contributed by atoms with Gasteiger partial charge in [-0.3, -0.25) is 19.2 Å². The molecule has 0 spiro atoms. The Morgan fingerprint density at radius 3 is 1.10 bits per heavy atom. The largest absolute Gasteiger partial charge is 0.348 e. The predicted octanol–water partition coefficient (Wildman–Crippen LogP) is 6.01. The van der Waals surface area contributed by atoms with Crippen LogP contribution in [-0.2, 0) is 13.1 Å². The summed E-state index contributed by atoms with van der Waals surface area (Å²) in [6, 6.07) is 38.8. The molecule has 5 aromatic rings. The lowest BCUT2D eigenvalue weighted by atomic mass is 10.0. The number of ketones is 2. The number of hydrogen-bond donors (Lipinski definition) is 2. The fourth-order valence-corrected chi connectivity index (χ4v) is 4.48. The highest BCUT2D eigenvalue weighted by molar-refractivity contribution is 6.10. The summed E-state index contributed by atoms with van der Waals surface area (Å²) in [6.07, 6.45) is 0. The number of carbonyl (C=O) groups excluding carboxylic acids is 4. The maximum Gasteiger partial charge on any atom is 0.251 e. The second kappa shape index (κ2) is 13.2. The van der Waals surface area contributed by atoms with Crippen molar-refractivity contribution in [3.05, 3.63) is 178 Å². The molecule has 0 unspecified atom stereocenters. The zero-order chi connectivity index (χ0) is 29.3. The van der Waals surface area contributed by atoms with Crippen LogP contribution in [0.1, 0.15) is 63.7 Å². The molecule has 2 N–H and O–H groups in total. The summed E-state index contributed by atoms with van der Waals surface area (Å²) in [4.78, 5) is 50.6. The van der Waals surface area contributed by atoms with Crippen LogP contribution in [0.2, 0.25) is 0 Å². The van der Waals surface area contributed by atoms with Crippen LogP contribution in [-0.4, -0.2) is 23.4 Å². The number of carbonyl (C=O) groups is 4. The number of benzene rings is 5. The molecule has 0 bridgehead atoms. The van der Waals surface area contributed by atoms with E-state index in [-0.39, 0.29) is 23.4 Å². The fraction of sp³-hybridized carbons (Fsp3) is 0.0556. The third kappa shape index (κ3) is 6.92. The van der Waals surface area contributed by atoms with Crippen molar-refractivity contribution in [3.8, 4) is 0 Å². The van der Waals surface area contributed by atoms with Crippen molar-refractivity contribution in [3.63, 3.8) is 0 Å². The molecule has 0 fully saturated rings. The summed E-state index contributed by atoms with van der Waals surface area (Å²) >= 11 is 0. The average Bonchev–Trinajstić information content (AvgIpc) is 3.06. The molecule has 6 heteroatoms. The molecule has 0 saturated heterocycles. The van der Waals surface area contributed by atoms with Gasteiger partial charge in [-0.25, -0.2) is 0 Å². The third-order valence-corrected chi connectivity index (χ3v) is 6.79. The molecular weight excluding hydrogens is 524 g/mol. The monoisotopic (exact) mass is 552 g/mol. The molecule has 5 rings (SSSR count). The van der Waals surface area contributed by atoms with Gasteiger partial charge in [-0.05, 0) is 35.4 Å². The van der Waals surface area contributed by atoms with Crippen molar-refractivity contribution in [1.29, 1.82) is 0 Å². The van der Waals surface area contributed by atoms with Crippen LogP contribution in [0.3, 0.4) is 0 Å². The van der Waals surface area contributed by atoms with Gasteiger partial charge in [-0.2, -0.15) is 0 Å². The quantitative estimate of drug-likeness (QED) is 0.208. The highest BCUT2D eigenvalue weighted by Crippen LogP contribution is 2.13. The topological polar surface area (TPSA) is 92.3 Å². The molecule has 5 aromatic carbocycles. The molecule has 206 valence electrons. The molecule has 2 amide bonds. The molecule has 0 saturated carbocycles. The first-order valence-corrected chi connectivity index (χ1v) is 13.5. The van der Waals surface area contributed by atoms with Crippen LogP contribution < -0.4 is 10.6 Å². The zero-order valence-electron chi connectivity index (χ0n) is 22.7. The SMILES string of the molecule is O=C(NCc1cccc(CNC(=O)c2ccc(C(=O)c3ccccc3)cc2)c1)c1ccc(C(=O)c2ccccc2)cc1. The van der Waals surface area contributed by atoms with E-state index in [1.807, 2.05) is 60.7 Å². The Balaban J connectivity index is 1.12. The van der Waals surface area contributed by atoms with E-state index in [0.717, 1.165) is 11.1 Å². The molecule has 0 aliphatic heterocycles. The molecule has 0 atom stereocenters. The Hall–Kier alpha value is -5.62. The van der Waals surface area contributed by atoms with Crippen LogP contribution in [0.5, 0.6) is 0 Å². The molecule has 0 aliphatic carbocycles. The van der Waals surface area contributed by atoms with Gasteiger partial charge in [-0.15, -0.1) is 0 Å². The molecular formula is C36H28N2O4. The van der Waals surface area contributed by atoms with Gasteiger partial charge >= 0.3 is 0 Å². The van der Waals surface area contributed by atoms with E-state index >= 15 is 0 Å². The van der Waals surface area contributed by atoms with Crippen molar-refractivity contribution < 1.29 is 19.2 Å². The lowest BCUT2D eigenvalue weighted by Crippen LogP contribution is -2.24. The molecule has 0 aliphatic rings. The van der Waals surface area contributed by atoms with Gasteiger partial charge < -0.3 is 10.6 Å². The first-order valence-electron chi connectivity index (χ1n) is 13.5. The second-order valence-corrected chi connectivity index (χ2v) is 9.73. The predicted molar refractivity (Wildman–Crippen MR) is 161 cm³/mol. The van der Waals surface area contributed by atoms with Crippen LogP contribution in [0, 0.1) is 0 Å². The van der Waals surface area contributed by atoms with Gasteiger partial charge in [0.05, 0.1) is 0 Å². The van der Waals surface area contributed by atoms with Crippen LogP contribution >= 0.6 is 0 Å². The number of nitrogens with one attached hydrogen (secondary N) is 2. The zero-order valence-corrected chi connectivity index (χ0v) is 22.7. The first kappa shape index (κ1) is 27.9. The molecule has 0 heterocycles. The fourth-order valence-electron chi connectivity index (χ4n) is 4.48. The van der Waals surface area contributed by atoms with Gasteiger partial charge in [0.15, 0.2) is 11.6 Å². The molecule has 0 aromatic heterocycles.